The molecular formula is C23H26ClN3O2. The average molecular weight is 412 g/mol. The topological polar surface area (TPSA) is 64.1 Å². The minimum absolute atomic E-state index is 0. The van der Waals surface area contributed by atoms with Crippen LogP contribution >= 0.6 is 12.4 Å². The molecule has 0 unspecified atom stereocenters. The van der Waals surface area contributed by atoms with Gasteiger partial charge in [-0.2, -0.15) is 0 Å². The molecule has 0 atom stereocenters. The van der Waals surface area contributed by atoms with Crippen molar-refractivity contribution >= 4 is 29.1 Å². The molecule has 0 radical (unpaired) electrons. The van der Waals surface area contributed by atoms with Crippen LogP contribution in [0.2, 0.25) is 0 Å². The number of carbonyl (C=O) groups is 1. The van der Waals surface area contributed by atoms with Crippen molar-refractivity contribution in [3.05, 3.63) is 65.1 Å². The lowest BCUT2D eigenvalue weighted by Gasteiger charge is -2.25. The van der Waals surface area contributed by atoms with Crippen LogP contribution in [0.5, 0.6) is 5.75 Å². The molecule has 3 aromatic rings. The minimum Gasteiger partial charge on any atom is -0.491 e. The molecule has 0 spiro atoms. The predicted octanol–water partition coefficient (Wildman–Crippen LogP) is 4.39. The molecule has 6 heteroatoms. The summed E-state index contributed by atoms with van der Waals surface area (Å²) in [6.45, 7) is 8.16. The second-order valence-corrected chi connectivity index (χ2v) is 7.99. The molecule has 0 aliphatic carbocycles. The number of benzene rings is 1. The van der Waals surface area contributed by atoms with Crippen molar-refractivity contribution in [2.24, 2.45) is 0 Å². The molecule has 1 aliphatic rings. The number of para-hydroxylation sites is 1. The van der Waals surface area contributed by atoms with E-state index >= 15 is 0 Å². The highest BCUT2D eigenvalue weighted by Gasteiger charge is 2.30. The van der Waals surface area contributed by atoms with Crippen LogP contribution in [-0.4, -0.2) is 28.9 Å². The average Bonchev–Trinajstić information content (AvgIpc) is 2.92. The van der Waals surface area contributed by atoms with E-state index in [1.54, 1.807) is 6.20 Å². The van der Waals surface area contributed by atoms with Gasteiger partial charge in [0.1, 0.15) is 12.4 Å². The van der Waals surface area contributed by atoms with Crippen LogP contribution in [0.15, 0.2) is 42.6 Å². The standard InChI is InChI=1S/C23H25N3O2.ClH/c1-15-12-16-7-5-9-25-20(16)22(26-15)23(2,3)13-19(27)18-8-4-6-17-14-24-10-11-28-21(17)18;/h4-9,12,24H,10-11,13-14H2,1-3H3;1H. The van der Waals surface area contributed by atoms with Crippen LogP contribution < -0.4 is 10.1 Å². The summed E-state index contributed by atoms with van der Waals surface area (Å²) < 4.78 is 5.90. The van der Waals surface area contributed by atoms with Crippen LogP contribution in [0.25, 0.3) is 10.9 Å². The van der Waals surface area contributed by atoms with Crippen LogP contribution in [-0.2, 0) is 12.0 Å². The van der Waals surface area contributed by atoms with Crippen LogP contribution in [0, 0.1) is 6.92 Å². The molecule has 0 bridgehead atoms. The van der Waals surface area contributed by atoms with Gasteiger partial charge in [0, 0.05) is 47.8 Å². The number of aryl methyl sites for hydroxylation is 1. The van der Waals surface area contributed by atoms with Crippen molar-refractivity contribution in [2.45, 2.75) is 39.2 Å². The summed E-state index contributed by atoms with van der Waals surface area (Å²) >= 11 is 0. The number of nitrogens with one attached hydrogen (secondary N) is 1. The second kappa shape index (κ2) is 8.47. The molecule has 1 aliphatic heterocycles. The van der Waals surface area contributed by atoms with Gasteiger partial charge in [0.15, 0.2) is 5.78 Å². The van der Waals surface area contributed by atoms with Crippen molar-refractivity contribution < 1.29 is 9.53 Å². The fourth-order valence-electron chi connectivity index (χ4n) is 3.83. The summed E-state index contributed by atoms with van der Waals surface area (Å²) in [6, 6.07) is 11.8. The van der Waals surface area contributed by atoms with Crippen LogP contribution in [0.1, 0.15) is 47.6 Å². The summed E-state index contributed by atoms with van der Waals surface area (Å²) in [5.74, 6) is 0.782. The third kappa shape index (κ3) is 4.26. The summed E-state index contributed by atoms with van der Waals surface area (Å²) in [6.07, 6.45) is 2.11. The molecule has 1 aromatic carbocycles. The predicted molar refractivity (Wildman–Crippen MR) is 117 cm³/mol. The Labute approximate surface area is 177 Å². The van der Waals surface area contributed by atoms with Gasteiger partial charge < -0.3 is 10.1 Å². The number of ether oxygens (including phenoxy) is 1. The zero-order valence-corrected chi connectivity index (χ0v) is 17.8. The van der Waals surface area contributed by atoms with E-state index in [1.165, 1.54) is 0 Å². The monoisotopic (exact) mass is 411 g/mol. The number of rotatable bonds is 4. The number of ketones is 1. The number of hydrogen-bond donors (Lipinski definition) is 1. The number of hydrogen-bond acceptors (Lipinski definition) is 5. The molecule has 0 saturated heterocycles. The Morgan fingerprint density at radius 1 is 1.24 bits per heavy atom. The van der Waals surface area contributed by atoms with Gasteiger partial charge in [-0.05, 0) is 25.1 Å². The van der Waals surface area contributed by atoms with Gasteiger partial charge >= 0.3 is 0 Å². The molecular weight excluding hydrogens is 386 g/mol. The van der Waals surface area contributed by atoms with E-state index in [0.29, 0.717) is 30.9 Å². The summed E-state index contributed by atoms with van der Waals surface area (Å²) in [5.41, 5.74) is 3.88. The smallest absolute Gasteiger partial charge is 0.167 e. The van der Waals surface area contributed by atoms with Gasteiger partial charge in [0.05, 0.1) is 16.8 Å². The molecule has 1 N–H and O–H groups in total. The first-order chi connectivity index (χ1) is 13.5. The highest BCUT2D eigenvalue weighted by Crippen LogP contribution is 2.34. The normalized spacial score (nSPS) is 13.8. The maximum Gasteiger partial charge on any atom is 0.167 e. The van der Waals surface area contributed by atoms with E-state index in [0.717, 1.165) is 34.4 Å². The Bertz CT molecular complexity index is 1050. The van der Waals surface area contributed by atoms with E-state index < -0.39 is 5.41 Å². The Balaban J connectivity index is 0.00000240. The van der Waals surface area contributed by atoms with Crippen molar-refractivity contribution in [1.82, 2.24) is 15.3 Å². The van der Waals surface area contributed by atoms with Gasteiger partial charge in [0.2, 0.25) is 0 Å². The van der Waals surface area contributed by atoms with Crippen molar-refractivity contribution in [2.75, 3.05) is 13.2 Å². The van der Waals surface area contributed by atoms with Gasteiger partial charge in [-0.25, -0.2) is 0 Å². The number of nitrogens with zero attached hydrogens (tertiary/aromatic N) is 2. The minimum atomic E-state index is -0.457. The molecule has 0 saturated carbocycles. The first-order valence-corrected chi connectivity index (χ1v) is 9.67. The summed E-state index contributed by atoms with van der Waals surface area (Å²) in [7, 11) is 0. The molecule has 29 heavy (non-hydrogen) atoms. The molecule has 0 fully saturated rings. The Hall–Kier alpha value is -2.50. The molecule has 2 aromatic heterocycles. The lowest BCUT2D eigenvalue weighted by molar-refractivity contribution is 0.0953. The third-order valence-corrected chi connectivity index (χ3v) is 5.20. The Kier molecular flexibility index (Phi) is 6.20. The number of pyridine rings is 2. The first-order valence-electron chi connectivity index (χ1n) is 9.67. The van der Waals surface area contributed by atoms with Gasteiger partial charge in [-0.3, -0.25) is 14.8 Å². The molecule has 152 valence electrons. The molecule has 4 rings (SSSR count). The summed E-state index contributed by atoms with van der Waals surface area (Å²) in [5, 5.41) is 4.37. The van der Waals surface area contributed by atoms with Gasteiger partial charge in [0.25, 0.3) is 0 Å². The Morgan fingerprint density at radius 3 is 2.90 bits per heavy atom. The van der Waals surface area contributed by atoms with E-state index in [4.69, 9.17) is 9.72 Å². The summed E-state index contributed by atoms with van der Waals surface area (Å²) in [4.78, 5) is 22.6. The van der Waals surface area contributed by atoms with Crippen LogP contribution in [0.3, 0.4) is 0 Å². The number of Topliss-reactive ketones (excluding diaryl/α,β-unsaturated/α-hetero) is 1. The van der Waals surface area contributed by atoms with Gasteiger partial charge in [-0.15, -0.1) is 12.4 Å². The van der Waals surface area contributed by atoms with Crippen LogP contribution in [0.4, 0.5) is 0 Å². The highest BCUT2D eigenvalue weighted by atomic mass is 35.5. The fraction of sp³-hybridized carbons (Fsp3) is 0.348. The zero-order chi connectivity index (χ0) is 19.7. The van der Waals surface area contributed by atoms with E-state index in [9.17, 15) is 4.79 Å². The van der Waals surface area contributed by atoms with Crippen molar-refractivity contribution in [1.29, 1.82) is 0 Å². The highest BCUT2D eigenvalue weighted by molar-refractivity contribution is 6.00. The fourth-order valence-corrected chi connectivity index (χ4v) is 3.83. The quantitative estimate of drug-likeness (QED) is 0.645. The van der Waals surface area contributed by atoms with E-state index in [1.807, 2.05) is 43.3 Å². The van der Waals surface area contributed by atoms with Crippen molar-refractivity contribution in [3.63, 3.8) is 0 Å². The molecule has 5 nitrogen and oxygen atoms in total. The first kappa shape index (κ1) is 21.2. The third-order valence-electron chi connectivity index (χ3n) is 5.20. The number of aromatic nitrogens is 2. The van der Waals surface area contributed by atoms with Crippen molar-refractivity contribution in [3.8, 4) is 5.75 Å². The van der Waals surface area contributed by atoms with E-state index in [-0.39, 0.29) is 18.2 Å². The Morgan fingerprint density at radius 2 is 2.07 bits per heavy atom. The molecule has 0 amide bonds. The maximum atomic E-state index is 13.3. The second-order valence-electron chi connectivity index (χ2n) is 7.99. The zero-order valence-electron chi connectivity index (χ0n) is 17.0. The van der Waals surface area contributed by atoms with E-state index in [2.05, 4.69) is 24.1 Å². The number of fused-ring (bicyclic) bond motifs is 2. The SMILES string of the molecule is Cc1cc2cccnc2c(C(C)(C)CC(=O)c2cccc3c2OCCNC3)n1.Cl. The number of halogens is 1. The lowest BCUT2D eigenvalue weighted by Crippen LogP contribution is -2.25. The lowest BCUT2D eigenvalue weighted by atomic mass is 9.80. The largest absolute Gasteiger partial charge is 0.491 e. The van der Waals surface area contributed by atoms with Gasteiger partial charge in [-0.1, -0.05) is 32.0 Å². The molecule has 3 heterocycles. The number of carbonyl (C=O) groups excluding carboxylic acids is 1. The maximum absolute atomic E-state index is 13.3.